The molecule has 0 unspecified atom stereocenters. The van der Waals surface area contributed by atoms with Crippen LogP contribution < -0.4 is 5.32 Å². The van der Waals surface area contributed by atoms with E-state index >= 15 is 0 Å². The van der Waals surface area contributed by atoms with E-state index in [0.717, 1.165) is 11.4 Å². The van der Waals surface area contributed by atoms with E-state index < -0.39 is 6.09 Å². The van der Waals surface area contributed by atoms with Crippen LogP contribution in [0.4, 0.5) is 10.7 Å². The molecule has 0 aliphatic rings. The number of rotatable bonds is 1. The lowest BCUT2D eigenvalue weighted by atomic mass is 10.4. The molecular weight excluding hydrogens is 172 g/mol. The van der Waals surface area contributed by atoms with Gasteiger partial charge >= 0.3 is 6.09 Å². The molecule has 1 rings (SSSR count). The van der Waals surface area contributed by atoms with Gasteiger partial charge in [0, 0.05) is 0 Å². The van der Waals surface area contributed by atoms with E-state index in [4.69, 9.17) is 0 Å². The average Bonchev–Trinajstić information content (AvgIpc) is 2.11. The van der Waals surface area contributed by atoms with Gasteiger partial charge in [0.2, 0.25) is 0 Å². The molecule has 0 fully saturated rings. The minimum absolute atomic E-state index is 0.148. The zero-order valence-corrected chi connectivity index (χ0v) is 7.66. The van der Waals surface area contributed by atoms with Gasteiger partial charge in [0.15, 0.2) is 0 Å². The molecule has 0 aromatic carbocycles. The van der Waals surface area contributed by atoms with Gasteiger partial charge in [0.25, 0.3) is 5.95 Å². The fourth-order valence-electron chi connectivity index (χ4n) is 0.652. The first-order valence-corrected chi connectivity index (χ1v) is 3.66. The van der Waals surface area contributed by atoms with Crippen molar-refractivity contribution in [1.29, 1.82) is 0 Å². The summed E-state index contributed by atoms with van der Waals surface area (Å²) in [4.78, 5) is 14.7. The van der Waals surface area contributed by atoms with Gasteiger partial charge < -0.3 is 4.74 Å². The molecule has 1 N–H and O–H groups in total. The molecule has 13 heavy (non-hydrogen) atoms. The van der Waals surface area contributed by atoms with Crippen molar-refractivity contribution >= 4 is 12.0 Å². The number of carbonyl (C=O) groups is 1. The topological polar surface area (TPSA) is 77.0 Å². The van der Waals surface area contributed by atoms with E-state index in [1.165, 1.54) is 7.11 Å². The number of hydrogen-bond donors (Lipinski definition) is 1. The largest absolute Gasteiger partial charge is 0.453 e. The third-order valence-electron chi connectivity index (χ3n) is 1.49. The highest BCUT2D eigenvalue weighted by molar-refractivity contribution is 5.81. The third-order valence-corrected chi connectivity index (χ3v) is 1.49. The quantitative estimate of drug-likeness (QED) is 0.690. The molecule has 1 amide bonds. The average molecular weight is 182 g/mol. The van der Waals surface area contributed by atoms with Gasteiger partial charge in [0.05, 0.1) is 18.5 Å². The van der Waals surface area contributed by atoms with Gasteiger partial charge in [-0.2, -0.15) is 5.10 Å². The fraction of sp³-hybridized carbons (Fsp3) is 0.429. The van der Waals surface area contributed by atoms with Crippen molar-refractivity contribution in [3.63, 3.8) is 0 Å². The number of aromatic nitrogens is 3. The Hall–Kier alpha value is -1.72. The highest BCUT2D eigenvalue weighted by atomic mass is 16.5. The molecule has 0 saturated heterocycles. The van der Waals surface area contributed by atoms with Crippen molar-refractivity contribution < 1.29 is 9.53 Å². The zero-order chi connectivity index (χ0) is 9.84. The second-order valence-corrected chi connectivity index (χ2v) is 2.42. The van der Waals surface area contributed by atoms with Crippen molar-refractivity contribution in [2.45, 2.75) is 13.8 Å². The summed E-state index contributed by atoms with van der Waals surface area (Å²) in [5, 5.41) is 9.75. The highest BCUT2D eigenvalue weighted by Gasteiger charge is 2.04. The van der Waals surface area contributed by atoms with Crippen molar-refractivity contribution in [3.8, 4) is 0 Å². The summed E-state index contributed by atoms with van der Waals surface area (Å²) >= 11 is 0. The summed E-state index contributed by atoms with van der Waals surface area (Å²) < 4.78 is 4.37. The van der Waals surface area contributed by atoms with Crippen LogP contribution in [0, 0.1) is 13.8 Å². The maximum Gasteiger partial charge on any atom is 0.413 e. The molecule has 0 atom stereocenters. The van der Waals surface area contributed by atoms with E-state index in [0.29, 0.717) is 0 Å². The van der Waals surface area contributed by atoms with Crippen molar-refractivity contribution in [3.05, 3.63) is 11.4 Å². The SMILES string of the molecule is COC(=O)Nc1nnc(C)c(C)n1. The summed E-state index contributed by atoms with van der Waals surface area (Å²) in [6.45, 7) is 3.57. The molecule has 1 aromatic heterocycles. The molecule has 1 aromatic rings. The van der Waals surface area contributed by atoms with E-state index in [1.54, 1.807) is 13.8 Å². The van der Waals surface area contributed by atoms with Crippen LogP contribution in [-0.2, 0) is 4.74 Å². The molecule has 0 radical (unpaired) electrons. The van der Waals surface area contributed by atoms with Gasteiger partial charge in [-0.25, -0.2) is 9.78 Å². The Balaban J connectivity index is 2.79. The van der Waals surface area contributed by atoms with Gasteiger partial charge in [-0.15, -0.1) is 5.10 Å². The van der Waals surface area contributed by atoms with Crippen LogP contribution in [0.25, 0.3) is 0 Å². The predicted octanol–water partition coefficient (Wildman–Crippen LogP) is 0.667. The lowest BCUT2D eigenvalue weighted by molar-refractivity contribution is 0.186. The standard InChI is InChI=1S/C7H10N4O2/c1-4-5(2)10-11-6(8-4)9-7(12)13-3/h1-3H3,(H,8,9,11,12). The first-order valence-electron chi connectivity index (χ1n) is 3.66. The Labute approximate surface area is 75.3 Å². The zero-order valence-electron chi connectivity index (χ0n) is 7.66. The third kappa shape index (κ3) is 2.36. The Morgan fingerprint density at radius 2 is 2.00 bits per heavy atom. The second kappa shape index (κ2) is 3.79. The van der Waals surface area contributed by atoms with Crippen LogP contribution >= 0.6 is 0 Å². The highest BCUT2D eigenvalue weighted by Crippen LogP contribution is 2.01. The van der Waals surface area contributed by atoms with Gasteiger partial charge in [0.1, 0.15) is 0 Å². The molecule has 70 valence electrons. The first-order chi connectivity index (χ1) is 6.13. The number of anilines is 1. The lowest BCUT2D eigenvalue weighted by Crippen LogP contribution is -2.14. The summed E-state index contributed by atoms with van der Waals surface area (Å²) in [5.74, 6) is 0.148. The molecule has 0 saturated carbocycles. The summed E-state index contributed by atoms with van der Waals surface area (Å²) in [7, 11) is 1.27. The number of methoxy groups -OCH3 is 1. The van der Waals surface area contributed by atoms with Crippen LogP contribution in [-0.4, -0.2) is 28.4 Å². The van der Waals surface area contributed by atoms with Crippen molar-refractivity contribution in [2.75, 3.05) is 12.4 Å². The minimum atomic E-state index is -0.606. The number of nitrogens with zero attached hydrogens (tertiary/aromatic N) is 3. The Morgan fingerprint density at radius 1 is 1.31 bits per heavy atom. The first kappa shape index (κ1) is 9.37. The summed E-state index contributed by atoms with van der Waals surface area (Å²) in [6, 6.07) is 0. The second-order valence-electron chi connectivity index (χ2n) is 2.42. The van der Waals surface area contributed by atoms with Gasteiger partial charge in [-0.3, -0.25) is 5.32 Å². The van der Waals surface area contributed by atoms with E-state index in [-0.39, 0.29) is 5.95 Å². The molecule has 0 spiro atoms. The number of nitrogens with one attached hydrogen (secondary N) is 1. The molecule has 0 aliphatic heterocycles. The summed E-state index contributed by atoms with van der Waals surface area (Å²) in [5.41, 5.74) is 1.46. The number of aryl methyl sites for hydroxylation is 2. The molecular formula is C7H10N4O2. The molecule has 6 heteroatoms. The Kier molecular flexibility index (Phi) is 2.73. The fourth-order valence-corrected chi connectivity index (χ4v) is 0.652. The smallest absolute Gasteiger partial charge is 0.413 e. The predicted molar refractivity (Wildman–Crippen MR) is 45.3 cm³/mol. The minimum Gasteiger partial charge on any atom is -0.453 e. The van der Waals surface area contributed by atoms with E-state index in [2.05, 4.69) is 25.2 Å². The van der Waals surface area contributed by atoms with Gasteiger partial charge in [-0.1, -0.05) is 0 Å². The Bertz CT molecular complexity index is 326. The lowest BCUT2D eigenvalue weighted by Gasteiger charge is -2.02. The number of ether oxygens (including phenoxy) is 1. The van der Waals surface area contributed by atoms with E-state index in [9.17, 15) is 4.79 Å². The molecule has 6 nitrogen and oxygen atoms in total. The number of amides is 1. The van der Waals surface area contributed by atoms with Crippen molar-refractivity contribution in [1.82, 2.24) is 15.2 Å². The van der Waals surface area contributed by atoms with Crippen LogP contribution in [0.2, 0.25) is 0 Å². The van der Waals surface area contributed by atoms with Crippen LogP contribution in [0.3, 0.4) is 0 Å². The van der Waals surface area contributed by atoms with Crippen LogP contribution in [0.1, 0.15) is 11.4 Å². The maximum atomic E-state index is 10.7. The van der Waals surface area contributed by atoms with E-state index in [1.807, 2.05) is 0 Å². The molecule has 0 bridgehead atoms. The normalized spacial score (nSPS) is 9.46. The van der Waals surface area contributed by atoms with Crippen molar-refractivity contribution in [2.24, 2.45) is 0 Å². The summed E-state index contributed by atoms with van der Waals surface area (Å²) in [6.07, 6.45) is -0.606. The molecule has 1 heterocycles. The number of hydrogen-bond acceptors (Lipinski definition) is 5. The maximum absolute atomic E-state index is 10.7. The number of carbonyl (C=O) groups excluding carboxylic acids is 1. The molecule has 0 aliphatic carbocycles. The van der Waals surface area contributed by atoms with Crippen LogP contribution in [0.5, 0.6) is 0 Å². The Morgan fingerprint density at radius 3 is 2.54 bits per heavy atom. The monoisotopic (exact) mass is 182 g/mol. The van der Waals surface area contributed by atoms with Crippen LogP contribution in [0.15, 0.2) is 0 Å². The van der Waals surface area contributed by atoms with Gasteiger partial charge in [-0.05, 0) is 13.8 Å².